The van der Waals surface area contributed by atoms with Gasteiger partial charge in [-0.1, -0.05) is 32.0 Å². The topological polar surface area (TPSA) is 32.8 Å². The second kappa shape index (κ2) is 6.75. The quantitative estimate of drug-likeness (QED) is 0.841. The summed E-state index contributed by atoms with van der Waals surface area (Å²) in [5.41, 5.74) is 0. The van der Waals surface area contributed by atoms with Gasteiger partial charge in [-0.15, -0.1) is 0 Å². The summed E-state index contributed by atoms with van der Waals surface area (Å²) < 4.78 is 5.54. The number of carbonyl (C=O) groups is 1. The maximum Gasteiger partial charge on any atom is 0.260 e. The second-order valence-electron chi connectivity index (χ2n) is 5.73. The Morgan fingerprint density at radius 3 is 2.65 bits per heavy atom. The first-order valence-corrected chi connectivity index (χ1v) is 7.24. The van der Waals surface area contributed by atoms with Crippen LogP contribution in [-0.4, -0.2) is 55.0 Å². The van der Waals surface area contributed by atoms with Crippen molar-refractivity contribution in [3.8, 4) is 5.75 Å². The first-order valence-electron chi connectivity index (χ1n) is 7.24. The van der Waals surface area contributed by atoms with Crippen molar-refractivity contribution in [2.24, 2.45) is 5.92 Å². The number of likely N-dealkylation sites (N-methyl/N-ethyl adjacent to an activating group) is 1. The van der Waals surface area contributed by atoms with E-state index in [0.717, 1.165) is 25.4 Å². The fourth-order valence-electron chi connectivity index (χ4n) is 2.60. The molecular weight excluding hydrogens is 252 g/mol. The standard InChI is InChI=1S/C16H24N2O2/c1-13(2)15-11-18(10-9-17(15)3)16(19)12-20-14-7-5-4-6-8-14/h4-8,13,15H,9-12H2,1-3H3. The maximum absolute atomic E-state index is 12.2. The highest BCUT2D eigenvalue weighted by Crippen LogP contribution is 2.16. The van der Waals surface area contributed by atoms with Crippen molar-refractivity contribution in [3.63, 3.8) is 0 Å². The Morgan fingerprint density at radius 2 is 2.00 bits per heavy atom. The summed E-state index contributed by atoms with van der Waals surface area (Å²) in [5.74, 6) is 1.37. The first-order chi connectivity index (χ1) is 9.58. The van der Waals surface area contributed by atoms with Gasteiger partial charge in [0.05, 0.1) is 0 Å². The molecule has 1 unspecified atom stereocenters. The SMILES string of the molecule is CC(C)C1CN(C(=O)COc2ccccc2)CCN1C. The average Bonchev–Trinajstić information content (AvgIpc) is 2.46. The molecule has 0 saturated carbocycles. The van der Waals surface area contributed by atoms with E-state index < -0.39 is 0 Å². The lowest BCUT2D eigenvalue weighted by Gasteiger charge is -2.41. The van der Waals surface area contributed by atoms with E-state index in [1.165, 1.54) is 0 Å². The number of nitrogens with zero attached hydrogens (tertiary/aromatic N) is 2. The molecule has 0 N–H and O–H groups in total. The van der Waals surface area contributed by atoms with E-state index in [-0.39, 0.29) is 12.5 Å². The smallest absolute Gasteiger partial charge is 0.260 e. The van der Waals surface area contributed by atoms with Crippen LogP contribution in [0.1, 0.15) is 13.8 Å². The van der Waals surface area contributed by atoms with E-state index in [1.54, 1.807) is 0 Å². The molecule has 0 aromatic heterocycles. The molecule has 4 heteroatoms. The van der Waals surface area contributed by atoms with Gasteiger partial charge >= 0.3 is 0 Å². The zero-order valence-corrected chi connectivity index (χ0v) is 12.6. The average molecular weight is 276 g/mol. The Hall–Kier alpha value is -1.55. The fourth-order valence-corrected chi connectivity index (χ4v) is 2.60. The van der Waals surface area contributed by atoms with Crippen LogP contribution in [0.25, 0.3) is 0 Å². The van der Waals surface area contributed by atoms with Gasteiger partial charge in [-0.25, -0.2) is 0 Å². The molecule has 110 valence electrons. The molecule has 0 spiro atoms. The molecule has 2 rings (SSSR count). The van der Waals surface area contributed by atoms with Gasteiger partial charge < -0.3 is 9.64 Å². The van der Waals surface area contributed by atoms with Crippen molar-refractivity contribution in [2.75, 3.05) is 33.3 Å². The summed E-state index contributed by atoms with van der Waals surface area (Å²) in [6.07, 6.45) is 0. The van der Waals surface area contributed by atoms with Gasteiger partial charge in [-0.3, -0.25) is 9.69 Å². The van der Waals surface area contributed by atoms with Gasteiger partial charge in [0, 0.05) is 25.7 Å². The highest BCUT2D eigenvalue weighted by Gasteiger charge is 2.29. The van der Waals surface area contributed by atoms with Gasteiger partial charge in [-0.05, 0) is 25.1 Å². The van der Waals surface area contributed by atoms with Gasteiger partial charge in [0.2, 0.25) is 0 Å². The normalized spacial score (nSPS) is 20.2. The second-order valence-corrected chi connectivity index (χ2v) is 5.73. The van der Waals surface area contributed by atoms with E-state index >= 15 is 0 Å². The molecule has 0 aliphatic carbocycles. The van der Waals surface area contributed by atoms with Crippen molar-refractivity contribution < 1.29 is 9.53 Å². The number of amides is 1. The van der Waals surface area contributed by atoms with Crippen LogP contribution in [0.4, 0.5) is 0 Å². The third-order valence-electron chi connectivity index (χ3n) is 3.92. The largest absolute Gasteiger partial charge is 0.484 e. The van der Waals surface area contributed by atoms with Crippen LogP contribution in [0.2, 0.25) is 0 Å². The van der Waals surface area contributed by atoms with Crippen LogP contribution in [0.3, 0.4) is 0 Å². The van der Waals surface area contributed by atoms with Crippen molar-refractivity contribution >= 4 is 5.91 Å². The lowest BCUT2D eigenvalue weighted by atomic mass is 10.0. The minimum absolute atomic E-state index is 0.0765. The van der Waals surface area contributed by atoms with Crippen LogP contribution >= 0.6 is 0 Å². The van der Waals surface area contributed by atoms with Crippen LogP contribution in [-0.2, 0) is 4.79 Å². The van der Waals surface area contributed by atoms with Gasteiger partial charge in [-0.2, -0.15) is 0 Å². The predicted molar refractivity (Wildman–Crippen MR) is 79.8 cm³/mol. The van der Waals surface area contributed by atoms with Crippen LogP contribution < -0.4 is 4.74 Å². The number of hydrogen-bond donors (Lipinski definition) is 0. The molecule has 1 aromatic carbocycles. The molecule has 1 aliphatic rings. The van der Waals surface area contributed by atoms with Crippen molar-refractivity contribution in [3.05, 3.63) is 30.3 Å². The fraction of sp³-hybridized carbons (Fsp3) is 0.562. The molecule has 1 atom stereocenters. The van der Waals surface area contributed by atoms with E-state index in [9.17, 15) is 4.79 Å². The Kier molecular flexibility index (Phi) is 5.01. The molecule has 0 radical (unpaired) electrons. The monoisotopic (exact) mass is 276 g/mol. The molecule has 1 amide bonds. The number of rotatable bonds is 4. The predicted octanol–water partition coefficient (Wildman–Crippen LogP) is 1.86. The Balaban J connectivity index is 1.86. The highest BCUT2D eigenvalue weighted by atomic mass is 16.5. The molecule has 1 aromatic rings. The lowest BCUT2D eigenvalue weighted by Crippen LogP contribution is -2.55. The summed E-state index contributed by atoms with van der Waals surface area (Å²) in [6, 6.07) is 9.92. The number of benzene rings is 1. The minimum atomic E-state index is 0.0765. The molecule has 4 nitrogen and oxygen atoms in total. The molecule has 1 aliphatic heterocycles. The van der Waals surface area contributed by atoms with Crippen LogP contribution in [0.15, 0.2) is 30.3 Å². The van der Waals surface area contributed by atoms with E-state index in [4.69, 9.17) is 4.74 Å². The number of ether oxygens (including phenoxy) is 1. The molecule has 1 heterocycles. The van der Waals surface area contributed by atoms with Crippen molar-refractivity contribution in [2.45, 2.75) is 19.9 Å². The highest BCUT2D eigenvalue weighted by molar-refractivity contribution is 5.78. The summed E-state index contributed by atoms with van der Waals surface area (Å²) in [6.45, 7) is 7.05. The van der Waals surface area contributed by atoms with Crippen LogP contribution in [0.5, 0.6) is 5.75 Å². The van der Waals surface area contributed by atoms with Crippen LogP contribution in [0, 0.1) is 5.92 Å². The summed E-state index contributed by atoms with van der Waals surface area (Å²) in [4.78, 5) is 16.5. The van der Waals surface area contributed by atoms with E-state index in [2.05, 4.69) is 25.8 Å². The molecule has 1 saturated heterocycles. The van der Waals surface area contributed by atoms with Crippen molar-refractivity contribution in [1.29, 1.82) is 0 Å². The molecular formula is C16H24N2O2. The van der Waals surface area contributed by atoms with Gasteiger partial charge in [0.1, 0.15) is 5.75 Å². The molecule has 0 bridgehead atoms. The van der Waals surface area contributed by atoms with E-state index in [0.29, 0.717) is 12.0 Å². The minimum Gasteiger partial charge on any atom is -0.484 e. The first kappa shape index (κ1) is 14.9. The maximum atomic E-state index is 12.2. The molecule has 20 heavy (non-hydrogen) atoms. The Labute approximate surface area is 121 Å². The van der Waals surface area contributed by atoms with Gasteiger partial charge in [0.25, 0.3) is 5.91 Å². The number of carbonyl (C=O) groups excluding carboxylic acids is 1. The van der Waals surface area contributed by atoms with Crippen molar-refractivity contribution in [1.82, 2.24) is 9.80 Å². The lowest BCUT2D eigenvalue weighted by molar-refractivity contribution is -0.136. The zero-order chi connectivity index (χ0) is 14.5. The third-order valence-corrected chi connectivity index (χ3v) is 3.92. The zero-order valence-electron chi connectivity index (χ0n) is 12.6. The third kappa shape index (κ3) is 3.73. The molecule has 1 fully saturated rings. The summed E-state index contributed by atoms with van der Waals surface area (Å²) in [7, 11) is 2.13. The summed E-state index contributed by atoms with van der Waals surface area (Å²) in [5, 5.41) is 0. The van der Waals surface area contributed by atoms with Gasteiger partial charge in [0.15, 0.2) is 6.61 Å². The number of para-hydroxylation sites is 1. The number of hydrogen-bond acceptors (Lipinski definition) is 3. The Morgan fingerprint density at radius 1 is 1.30 bits per heavy atom. The van der Waals surface area contributed by atoms with E-state index in [1.807, 2.05) is 35.2 Å². The Bertz CT molecular complexity index is 433. The number of piperazine rings is 1. The summed E-state index contributed by atoms with van der Waals surface area (Å²) >= 11 is 0.